The van der Waals surface area contributed by atoms with Crippen molar-refractivity contribution in [1.29, 1.82) is 0 Å². The highest BCUT2D eigenvalue weighted by atomic mass is 35.5. The third kappa shape index (κ3) is 6.26. The quantitative estimate of drug-likeness (QED) is 0.392. The Morgan fingerprint density at radius 1 is 0.938 bits per heavy atom. The van der Waals surface area contributed by atoms with Gasteiger partial charge in [-0.15, -0.1) is 12.4 Å². The number of amides is 1. The molecule has 32 heavy (non-hydrogen) atoms. The molecule has 0 spiro atoms. The fourth-order valence-electron chi connectivity index (χ4n) is 2.73. The predicted molar refractivity (Wildman–Crippen MR) is 121 cm³/mol. The smallest absolute Gasteiger partial charge is 0.257 e. The van der Waals surface area contributed by atoms with Crippen molar-refractivity contribution in [3.63, 3.8) is 0 Å². The van der Waals surface area contributed by atoms with E-state index in [9.17, 15) is 9.18 Å². The molecule has 0 atom stereocenters. The Morgan fingerprint density at radius 2 is 1.75 bits per heavy atom. The number of pyridine rings is 2. The highest BCUT2D eigenvalue weighted by molar-refractivity contribution is 6.03. The number of nitrogens with zero attached hydrogens (tertiary/aromatic N) is 2. The normalized spacial score (nSPS) is 10.0. The van der Waals surface area contributed by atoms with E-state index in [2.05, 4.69) is 15.3 Å². The third-order valence-corrected chi connectivity index (χ3v) is 4.26. The molecule has 4 rings (SSSR count). The van der Waals surface area contributed by atoms with Gasteiger partial charge in [-0.05, 0) is 60.2 Å². The number of carbonyl (C=O) groups excluding carboxylic acids is 1. The molecule has 162 valence electrons. The molecule has 2 heterocycles. The second-order valence-electron chi connectivity index (χ2n) is 6.57. The number of hydrogen-bond donors (Lipinski definition) is 1. The first kappa shape index (κ1) is 22.7. The summed E-state index contributed by atoms with van der Waals surface area (Å²) >= 11 is 0. The molecule has 0 unspecified atom stereocenters. The first-order valence-corrected chi connectivity index (χ1v) is 9.48. The van der Waals surface area contributed by atoms with E-state index in [0.717, 1.165) is 5.56 Å². The van der Waals surface area contributed by atoms with E-state index in [1.165, 1.54) is 24.5 Å². The number of hydrogen-bond acceptors (Lipinski definition) is 5. The number of ether oxygens (including phenoxy) is 2. The van der Waals surface area contributed by atoms with E-state index in [1.807, 2.05) is 0 Å². The van der Waals surface area contributed by atoms with Crippen LogP contribution < -0.4 is 14.8 Å². The van der Waals surface area contributed by atoms with Crippen molar-refractivity contribution in [2.75, 3.05) is 5.32 Å². The number of nitrogens with one attached hydrogen (secondary N) is 1. The standard InChI is InChI=1S/C24H18FN3O3.ClH/c25-19-5-1-3-17(13-19)16-30-21-7-9-22(10-8-21)31-23-11-6-20(15-27-23)28-24(29)18-4-2-12-26-14-18;/h1-15H,16H2,(H,28,29);1H. The van der Waals surface area contributed by atoms with Gasteiger partial charge < -0.3 is 14.8 Å². The van der Waals surface area contributed by atoms with E-state index in [4.69, 9.17) is 9.47 Å². The zero-order valence-electron chi connectivity index (χ0n) is 16.8. The predicted octanol–water partition coefficient (Wildman–Crippen LogP) is 5.66. The lowest BCUT2D eigenvalue weighted by Gasteiger charge is -2.09. The van der Waals surface area contributed by atoms with Crippen molar-refractivity contribution in [3.05, 3.63) is 108 Å². The molecule has 0 fully saturated rings. The molecule has 0 radical (unpaired) electrons. The molecule has 0 saturated heterocycles. The van der Waals surface area contributed by atoms with Crippen LogP contribution >= 0.6 is 12.4 Å². The van der Waals surface area contributed by atoms with Crippen molar-refractivity contribution in [3.8, 4) is 17.4 Å². The fraction of sp³-hybridized carbons (Fsp3) is 0.0417. The van der Waals surface area contributed by atoms with Gasteiger partial charge in [0.1, 0.15) is 23.9 Å². The van der Waals surface area contributed by atoms with Gasteiger partial charge in [-0.25, -0.2) is 9.37 Å². The summed E-state index contributed by atoms with van der Waals surface area (Å²) in [4.78, 5) is 20.3. The van der Waals surface area contributed by atoms with E-state index in [0.29, 0.717) is 28.6 Å². The van der Waals surface area contributed by atoms with Gasteiger partial charge in [0.2, 0.25) is 5.88 Å². The van der Waals surface area contributed by atoms with E-state index < -0.39 is 0 Å². The van der Waals surface area contributed by atoms with Gasteiger partial charge in [0.05, 0.1) is 17.4 Å². The zero-order chi connectivity index (χ0) is 21.5. The molecule has 2 aromatic heterocycles. The Kier molecular flexibility index (Phi) is 7.72. The van der Waals surface area contributed by atoms with Crippen molar-refractivity contribution >= 4 is 24.0 Å². The van der Waals surface area contributed by atoms with Crippen LogP contribution in [0.4, 0.5) is 10.1 Å². The summed E-state index contributed by atoms with van der Waals surface area (Å²) in [5, 5.41) is 2.75. The molecular formula is C24H19ClFN3O3. The fourth-order valence-corrected chi connectivity index (χ4v) is 2.73. The average molecular weight is 452 g/mol. The minimum atomic E-state index is -0.292. The molecule has 0 bridgehead atoms. The molecule has 8 heteroatoms. The molecule has 0 saturated carbocycles. The van der Waals surface area contributed by atoms with Crippen LogP contribution in [-0.2, 0) is 6.61 Å². The molecule has 4 aromatic rings. The van der Waals surface area contributed by atoms with Crippen molar-refractivity contribution in [2.24, 2.45) is 0 Å². The van der Waals surface area contributed by atoms with Gasteiger partial charge in [-0.1, -0.05) is 12.1 Å². The second kappa shape index (κ2) is 10.9. The minimum absolute atomic E-state index is 0. The number of halogens is 2. The number of rotatable bonds is 7. The van der Waals surface area contributed by atoms with Crippen LogP contribution in [0.1, 0.15) is 15.9 Å². The minimum Gasteiger partial charge on any atom is -0.489 e. The van der Waals surface area contributed by atoms with Gasteiger partial charge in [-0.2, -0.15) is 0 Å². The topological polar surface area (TPSA) is 73.3 Å². The Morgan fingerprint density at radius 3 is 2.44 bits per heavy atom. The average Bonchev–Trinajstić information content (AvgIpc) is 2.80. The van der Waals surface area contributed by atoms with Crippen LogP contribution in [0, 0.1) is 5.82 Å². The van der Waals surface area contributed by atoms with E-state index in [-0.39, 0.29) is 30.7 Å². The Balaban J connectivity index is 0.00000289. The van der Waals surface area contributed by atoms with Gasteiger partial charge in [0.25, 0.3) is 5.91 Å². The summed E-state index contributed by atoms with van der Waals surface area (Å²) in [6, 6.07) is 20.0. The SMILES string of the molecule is Cl.O=C(Nc1ccc(Oc2ccc(OCc3cccc(F)c3)cc2)nc1)c1cccnc1. The third-order valence-electron chi connectivity index (χ3n) is 4.26. The summed E-state index contributed by atoms with van der Waals surface area (Å²) in [6.45, 7) is 0.270. The maximum atomic E-state index is 13.2. The Hall–Kier alpha value is -3.97. The molecule has 6 nitrogen and oxygen atoms in total. The lowest BCUT2D eigenvalue weighted by atomic mass is 10.2. The maximum absolute atomic E-state index is 13.2. The van der Waals surface area contributed by atoms with Crippen LogP contribution in [0.2, 0.25) is 0 Å². The molecule has 0 aliphatic heterocycles. The molecule has 1 amide bonds. The number of anilines is 1. The first-order valence-electron chi connectivity index (χ1n) is 9.48. The summed E-state index contributed by atoms with van der Waals surface area (Å²) in [7, 11) is 0. The monoisotopic (exact) mass is 451 g/mol. The number of benzene rings is 2. The summed E-state index contributed by atoms with van der Waals surface area (Å²) < 4.78 is 24.6. The molecule has 2 aromatic carbocycles. The van der Waals surface area contributed by atoms with Gasteiger partial charge >= 0.3 is 0 Å². The van der Waals surface area contributed by atoms with Crippen LogP contribution in [0.15, 0.2) is 91.4 Å². The molecule has 1 N–H and O–H groups in total. The van der Waals surface area contributed by atoms with Crippen LogP contribution in [0.25, 0.3) is 0 Å². The highest BCUT2D eigenvalue weighted by Crippen LogP contribution is 2.24. The lowest BCUT2D eigenvalue weighted by Crippen LogP contribution is -2.12. The summed E-state index contributed by atoms with van der Waals surface area (Å²) in [6.07, 6.45) is 4.61. The molecular weight excluding hydrogens is 433 g/mol. The number of carbonyl (C=O) groups is 1. The maximum Gasteiger partial charge on any atom is 0.257 e. The van der Waals surface area contributed by atoms with Crippen LogP contribution in [0.5, 0.6) is 17.4 Å². The van der Waals surface area contributed by atoms with Gasteiger partial charge in [-0.3, -0.25) is 9.78 Å². The van der Waals surface area contributed by atoms with Gasteiger partial charge in [0, 0.05) is 18.5 Å². The van der Waals surface area contributed by atoms with Crippen LogP contribution in [0.3, 0.4) is 0 Å². The molecule has 0 aliphatic carbocycles. The largest absolute Gasteiger partial charge is 0.489 e. The van der Waals surface area contributed by atoms with Gasteiger partial charge in [0.15, 0.2) is 0 Å². The van der Waals surface area contributed by atoms with Crippen molar-refractivity contribution in [2.45, 2.75) is 6.61 Å². The lowest BCUT2D eigenvalue weighted by molar-refractivity contribution is 0.102. The Bertz CT molecular complexity index is 1160. The van der Waals surface area contributed by atoms with Crippen molar-refractivity contribution < 1.29 is 18.7 Å². The summed E-state index contributed by atoms with van der Waals surface area (Å²) in [5.74, 6) is 1.04. The number of aromatic nitrogens is 2. The first-order chi connectivity index (χ1) is 15.2. The molecule has 0 aliphatic rings. The van der Waals surface area contributed by atoms with Crippen LogP contribution in [-0.4, -0.2) is 15.9 Å². The van der Waals surface area contributed by atoms with E-state index >= 15 is 0 Å². The second-order valence-corrected chi connectivity index (χ2v) is 6.57. The highest BCUT2D eigenvalue weighted by Gasteiger charge is 2.07. The van der Waals surface area contributed by atoms with Crippen molar-refractivity contribution in [1.82, 2.24) is 9.97 Å². The van der Waals surface area contributed by atoms with E-state index in [1.54, 1.807) is 66.9 Å². The zero-order valence-corrected chi connectivity index (χ0v) is 17.6. The Labute approximate surface area is 190 Å². The summed E-state index contributed by atoms with van der Waals surface area (Å²) in [5.41, 5.74) is 1.75.